The van der Waals surface area contributed by atoms with Crippen molar-refractivity contribution in [2.24, 2.45) is 17.8 Å². The van der Waals surface area contributed by atoms with Crippen LogP contribution in [-0.4, -0.2) is 53.0 Å². The molecule has 0 aliphatic heterocycles. The number of aliphatic carboxylic acids is 1. The van der Waals surface area contributed by atoms with Crippen LogP contribution in [0.3, 0.4) is 0 Å². The standard InChI is InChI=1S/C27H30N2O6/c1-27(14-30,25(32)33)29-24(31)16-10-15-12-23(21(15)11-16)28-26(34)35-13-22-19-8-4-2-6-17(19)18-7-3-5-9-20(18)22/h2-9,15-16,21-23,30H,10-14H2,1H3,(H,28,34)(H,29,31)(H,32,33)/t15-,16?,21-,23+,27?/m1/s1. The van der Waals surface area contributed by atoms with Gasteiger partial charge < -0.3 is 25.6 Å². The molecule has 3 aliphatic rings. The van der Waals surface area contributed by atoms with Gasteiger partial charge in [0.2, 0.25) is 5.91 Å². The van der Waals surface area contributed by atoms with Gasteiger partial charge in [-0.25, -0.2) is 9.59 Å². The van der Waals surface area contributed by atoms with E-state index in [1.807, 2.05) is 24.3 Å². The summed E-state index contributed by atoms with van der Waals surface area (Å²) in [5.74, 6) is -1.49. The molecular formula is C27H30N2O6. The fraction of sp³-hybridized carbons (Fsp3) is 0.444. The van der Waals surface area contributed by atoms with Crippen molar-refractivity contribution < 1.29 is 29.3 Å². The molecule has 8 nitrogen and oxygen atoms in total. The van der Waals surface area contributed by atoms with E-state index in [1.165, 1.54) is 18.1 Å². The molecule has 2 fully saturated rings. The number of amides is 2. The van der Waals surface area contributed by atoms with Crippen LogP contribution in [-0.2, 0) is 14.3 Å². The quantitative estimate of drug-likeness (QED) is 0.485. The number of carbonyl (C=O) groups excluding carboxylic acids is 2. The lowest BCUT2D eigenvalue weighted by atomic mass is 9.71. The number of hydrogen-bond donors (Lipinski definition) is 4. The van der Waals surface area contributed by atoms with Crippen LogP contribution in [0.5, 0.6) is 0 Å². The number of fused-ring (bicyclic) bond motifs is 4. The van der Waals surface area contributed by atoms with E-state index >= 15 is 0 Å². The number of carboxylic acid groups (broad SMARTS) is 1. The number of alkyl carbamates (subject to hydrolysis) is 1. The zero-order valence-electron chi connectivity index (χ0n) is 19.6. The highest BCUT2D eigenvalue weighted by Gasteiger charge is 2.51. The average molecular weight is 479 g/mol. The molecule has 0 bridgehead atoms. The van der Waals surface area contributed by atoms with Crippen molar-refractivity contribution in [2.45, 2.75) is 43.7 Å². The largest absolute Gasteiger partial charge is 0.479 e. The van der Waals surface area contributed by atoms with Gasteiger partial charge in [-0.05, 0) is 60.3 Å². The zero-order valence-corrected chi connectivity index (χ0v) is 19.6. The Morgan fingerprint density at radius 3 is 2.23 bits per heavy atom. The van der Waals surface area contributed by atoms with Crippen LogP contribution in [0.15, 0.2) is 48.5 Å². The molecule has 0 spiro atoms. The Balaban J connectivity index is 1.15. The second-order valence-corrected chi connectivity index (χ2v) is 10.2. The number of aliphatic hydroxyl groups is 1. The van der Waals surface area contributed by atoms with Crippen LogP contribution in [0, 0.1) is 17.8 Å². The summed E-state index contributed by atoms with van der Waals surface area (Å²) in [6.07, 6.45) is 1.54. The third-order valence-electron chi connectivity index (χ3n) is 8.03. The van der Waals surface area contributed by atoms with Gasteiger partial charge in [0, 0.05) is 17.9 Å². The Kier molecular flexibility index (Phi) is 6.01. The summed E-state index contributed by atoms with van der Waals surface area (Å²) in [4.78, 5) is 36.6. The first-order chi connectivity index (χ1) is 16.8. The van der Waals surface area contributed by atoms with Crippen LogP contribution in [0.25, 0.3) is 11.1 Å². The van der Waals surface area contributed by atoms with E-state index in [0.717, 1.165) is 17.5 Å². The van der Waals surface area contributed by atoms with Crippen LogP contribution in [0.4, 0.5) is 4.79 Å². The molecule has 0 heterocycles. The molecular weight excluding hydrogens is 448 g/mol. The van der Waals surface area contributed by atoms with Gasteiger partial charge in [-0.1, -0.05) is 48.5 Å². The first-order valence-electron chi connectivity index (χ1n) is 12.1. The molecule has 8 heteroatoms. The lowest BCUT2D eigenvalue weighted by molar-refractivity contribution is -0.149. The van der Waals surface area contributed by atoms with E-state index in [9.17, 15) is 24.6 Å². The summed E-state index contributed by atoms with van der Waals surface area (Å²) >= 11 is 0. The Bertz CT molecular complexity index is 1120. The Morgan fingerprint density at radius 1 is 1.00 bits per heavy atom. The van der Waals surface area contributed by atoms with E-state index in [0.29, 0.717) is 18.8 Å². The van der Waals surface area contributed by atoms with E-state index in [-0.39, 0.29) is 36.3 Å². The Labute approximate surface area is 203 Å². The predicted molar refractivity (Wildman–Crippen MR) is 128 cm³/mol. The summed E-state index contributed by atoms with van der Waals surface area (Å²) in [5.41, 5.74) is 2.97. The van der Waals surface area contributed by atoms with Crippen molar-refractivity contribution in [1.29, 1.82) is 0 Å². The number of rotatable bonds is 7. The zero-order chi connectivity index (χ0) is 24.7. The topological polar surface area (TPSA) is 125 Å². The number of benzene rings is 2. The number of aliphatic hydroxyl groups excluding tert-OH is 1. The van der Waals surface area contributed by atoms with E-state index in [1.54, 1.807) is 0 Å². The molecule has 2 aromatic rings. The molecule has 2 aromatic carbocycles. The van der Waals surface area contributed by atoms with Crippen LogP contribution >= 0.6 is 0 Å². The second kappa shape index (κ2) is 9.00. The molecule has 2 unspecified atom stereocenters. The van der Waals surface area contributed by atoms with Crippen molar-refractivity contribution >= 4 is 18.0 Å². The van der Waals surface area contributed by atoms with Crippen molar-refractivity contribution in [2.75, 3.05) is 13.2 Å². The second-order valence-electron chi connectivity index (χ2n) is 10.2. The first kappa shape index (κ1) is 23.4. The van der Waals surface area contributed by atoms with Gasteiger partial charge in [-0.15, -0.1) is 0 Å². The van der Waals surface area contributed by atoms with Gasteiger partial charge in [0.25, 0.3) is 0 Å². The third-order valence-corrected chi connectivity index (χ3v) is 8.03. The summed E-state index contributed by atoms with van der Waals surface area (Å²) in [7, 11) is 0. The summed E-state index contributed by atoms with van der Waals surface area (Å²) in [6, 6.07) is 16.3. The molecule has 2 amide bonds. The van der Waals surface area contributed by atoms with Gasteiger partial charge >= 0.3 is 12.1 Å². The molecule has 0 aromatic heterocycles. The SMILES string of the molecule is CC(CO)(NC(=O)C1C[C@@H]2C[C@H](NC(=O)OCC3c4ccccc4-c4ccccc43)[C@@H]2C1)C(=O)O. The fourth-order valence-electron chi connectivity index (χ4n) is 5.93. The molecule has 3 aliphatic carbocycles. The summed E-state index contributed by atoms with van der Waals surface area (Å²) in [5, 5.41) is 24.1. The average Bonchev–Trinajstić information content (AvgIpc) is 3.36. The van der Waals surface area contributed by atoms with E-state index < -0.39 is 24.2 Å². The predicted octanol–water partition coefficient (Wildman–Crippen LogP) is 2.89. The summed E-state index contributed by atoms with van der Waals surface area (Å²) < 4.78 is 5.65. The van der Waals surface area contributed by atoms with Gasteiger partial charge in [-0.2, -0.15) is 0 Å². The molecule has 5 rings (SSSR count). The van der Waals surface area contributed by atoms with Crippen LogP contribution < -0.4 is 10.6 Å². The minimum atomic E-state index is -1.70. The highest BCUT2D eigenvalue weighted by atomic mass is 16.5. The van der Waals surface area contributed by atoms with Crippen molar-refractivity contribution in [3.8, 4) is 11.1 Å². The molecule has 2 saturated carbocycles. The maximum Gasteiger partial charge on any atom is 0.407 e. The van der Waals surface area contributed by atoms with E-state index in [2.05, 4.69) is 34.9 Å². The third kappa shape index (κ3) is 4.16. The normalized spacial score (nSPS) is 25.9. The van der Waals surface area contributed by atoms with Gasteiger partial charge in [0.15, 0.2) is 5.54 Å². The maximum atomic E-state index is 12.6. The van der Waals surface area contributed by atoms with E-state index in [4.69, 9.17) is 4.74 Å². The highest BCUT2D eigenvalue weighted by Crippen LogP contribution is 2.50. The number of ether oxygens (including phenoxy) is 1. The lowest BCUT2D eigenvalue weighted by Crippen LogP contribution is -2.56. The summed E-state index contributed by atoms with van der Waals surface area (Å²) in [6.45, 7) is 0.860. The minimum Gasteiger partial charge on any atom is -0.479 e. The van der Waals surface area contributed by atoms with Crippen molar-refractivity contribution in [3.63, 3.8) is 0 Å². The Morgan fingerprint density at radius 2 is 1.63 bits per heavy atom. The molecule has 0 saturated heterocycles. The number of hydrogen-bond acceptors (Lipinski definition) is 5. The minimum absolute atomic E-state index is 0.00286. The van der Waals surface area contributed by atoms with Crippen molar-refractivity contribution in [1.82, 2.24) is 10.6 Å². The number of carbonyl (C=O) groups is 3. The Hall–Kier alpha value is -3.39. The highest BCUT2D eigenvalue weighted by molar-refractivity contribution is 5.88. The molecule has 0 radical (unpaired) electrons. The molecule has 35 heavy (non-hydrogen) atoms. The molecule has 5 atom stereocenters. The van der Waals surface area contributed by atoms with Gasteiger partial charge in [0.05, 0.1) is 6.61 Å². The fourth-order valence-corrected chi connectivity index (χ4v) is 5.93. The lowest BCUT2D eigenvalue weighted by Gasteiger charge is -2.40. The smallest absolute Gasteiger partial charge is 0.407 e. The van der Waals surface area contributed by atoms with Gasteiger partial charge in [0.1, 0.15) is 6.61 Å². The van der Waals surface area contributed by atoms with Crippen LogP contribution in [0.2, 0.25) is 0 Å². The first-order valence-corrected chi connectivity index (χ1v) is 12.1. The number of carboxylic acids is 1. The van der Waals surface area contributed by atoms with Gasteiger partial charge in [-0.3, -0.25) is 4.79 Å². The van der Waals surface area contributed by atoms with Crippen LogP contribution in [0.1, 0.15) is 43.2 Å². The molecule has 184 valence electrons. The maximum absolute atomic E-state index is 12.6. The monoisotopic (exact) mass is 478 g/mol. The van der Waals surface area contributed by atoms with Crippen molar-refractivity contribution in [3.05, 3.63) is 59.7 Å². The number of nitrogens with one attached hydrogen (secondary N) is 2. The molecule has 4 N–H and O–H groups in total.